The number of hydrogen-bond donors (Lipinski definition) is 2. The van der Waals surface area contributed by atoms with Crippen LogP contribution in [0.25, 0.3) is 0 Å². The van der Waals surface area contributed by atoms with Gasteiger partial charge in [0.25, 0.3) is 0 Å². The molecule has 0 saturated carbocycles. The first-order valence-electron chi connectivity index (χ1n) is 10.9. The number of benzene rings is 4. The highest BCUT2D eigenvalue weighted by atomic mass is 32.1. The van der Waals surface area contributed by atoms with E-state index >= 15 is 0 Å². The molecule has 0 aliphatic heterocycles. The van der Waals surface area contributed by atoms with Crippen molar-refractivity contribution in [2.24, 2.45) is 0 Å². The molecule has 0 amide bonds. The zero-order valence-electron chi connectivity index (χ0n) is 18.5. The Hall–Kier alpha value is -3.43. The molecular weight excluding hydrogens is 408 g/mol. The SMILES string of the molecule is Cc1ccc(C(C)NC(=S)NC(c2ccccc2)(c2ccccc2)c2ccccc2)cc1. The third kappa shape index (κ3) is 4.58. The highest BCUT2D eigenvalue weighted by Crippen LogP contribution is 2.36. The summed E-state index contributed by atoms with van der Waals surface area (Å²) < 4.78 is 0. The van der Waals surface area contributed by atoms with Crippen molar-refractivity contribution in [1.29, 1.82) is 0 Å². The molecule has 4 aromatic rings. The second-order valence-electron chi connectivity index (χ2n) is 8.08. The molecule has 4 rings (SSSR count). The number of nitrogens with one attached hydrogen (secondary N) is 2. The van der Waals surface area contributed by atoms with Crippen LogP contribution in [0.5, 0.6) is 0 Å². The smallest absolute Gasteiger partial charge is 0.168 e. The van der Waals surface area contributed by atoms with Crippen molar-refractivity contribution >= 4 is 17.3 Å². The van der Waals surface area contributed by atoms with Gasteiger partial charge in [-0.2, -0.15) is 0 Å². The minimum Gasteiger partial charge on any atom is -0.356 e. The number of rotatable bonds is 6. The van der Waals surface area contributed by atoms with Crippen molar-refractivity contribution < 1.29 is 0 Å². The maximum absolute atomic E-state index is 5.88. The van der Waals surface area contributed by atoms with E-state index in [1.165, 1.54) is 11.1 Å². The fraction of sp³-hybridized carbons (Fsp3) is 0.138. The summed E-state index contributed by atoms with van der Waals surface area (Å²) in [4.78, 5) is 0. The molecule has 3 heteroatoms. The van der Waals surface area contributed by atoms with Gasteiger partial charge < -0.3 is 10.6 Å². The van der Waals surface area contributed by atoms with Crippen LogP contribution in [0.1, 0.15) is 40.8 Å². The minimum atomic E-state index is -0.624. The summed E-state index contributed by atoms with van der Waals surface area (Å²) in [5.41, 5.74) is 5.21. The van der Waals surface area contributed by atoms with Crippen molar-refractivity contribution in [3.8, 4) is 0 Å². The lowest BCUT2D eigenvalue weighted by molar-refractivity contribution is 0.557. The summed E-state index contributed by atoms with van der Waals surface area (Å²) in [6, 6.07) is 40.1. The fourth-order valence-electron chi connectivity index (χ4n) is 4.12. The van der Waals surface area contributed by atoms with Crippen LogP contribution in [0.4, 0.5) is 0 Å². The van der Waals surface area contributed by atoms with Crippen molar-refractivity contribution in [3.05, 3.63) is 143 Å². The van der Waals surface area contributed by atoms with Gasteiger partial charge in [0.05, 0.1) is 6.04 Å². The van der Waals surface area contributed by atoms with Gasteiger partial charge in [0, 0.05) is 0 Å². The van der Waals surface area contributed by atoms with Gasteiger partial charge in [0.15, 0.2) is 5.11 Å². The minimum absolute atomic E-state index is 0.0793. The average molecular weight is 437 g/mol. The number of hydrogen-bond acceptors (Lipinski definition) is 1. The molecule has 0 radical (unpaired) electrons. The Morgan fingerprint density at radius 1 is 0.656 bits per heavy atom. The topological polar surface area (TPSA) is 24.1 Å². The van der Waals surface area contributed by atoms with E-state index in [0.29, 0.717) is 5.11 Å². The van der Waals surface area contributed by atoms with Gasteiger partial charge in [-0.25, -0.2) is 0 Å². The lowest BCUT2D eigenvalue weighted by Gasteiger charge is -2.38. The summed E-state index contributed by atoms with van der Waals surface area (Å²) in [7, 11) is 0. The van der Waals surface area contributed by atoms with Crippen molar-refractivity contribution in [3.63, 3.8) is 0 Å². The molecule has 2 N–H and O–H groups in total. The summed E-state index contributed by atoms with van der Waals surface area (Å²) in [6.45, 7) is 4.23. The standard InChI is InChI=1S/C29H28N2S/c1-22-18-20-24(21-19-22)23(2)30-28(32)31-29(25-12-6-3-7-13-25,26-14-8-4-9-15-26)27-16-10-5-11-17-27/h3-21,23H,1-2H3,(H2,30,31,32). The predicted octanol–water partition coefficient (Wildman–Crippen LogP) is 6.51. The molecule has 0 aromatic heterocycles. The van der Waals surface area contributed by atoms with Crippen molar-refractivity contribution in [2.45, 2.75) is 25.4 Å². The molecule has 0 saturated heterocycles. The molecule has 0 aliphatic carbocycles. The monoisotopic (exact) mass is 436 g/mol. The zero-order chi connectivity index (χ0) is 22.4. The van der Waals surface area contributed by atoms with E-state index in [0.717, 1.165) is 16.7 Å². The Balaban J connectivity index is 1.75. The first kappa shape index (κ1) is 21.8. The van der Waals surface area contributed by atoms with Crippen LogP contribution in [0, 0.1) is 6.92 Å². The molecule has 1 unspecified atom stereocenters. The molecule has 0 bridgehead atoms. The van der Waals surface area contributed by atoms with Crippen LogP contribution >= 0.6 is 12.2 Å². The highest BCUT2D eigenvalue weighted by molar-refractivity contribution is 7.80. The van der Waals surface area contributed by atoms with Gasteiger partial charge in [-0.05, 0) is 48.3 Å². The largest absolute Gasteiger partial charge is 0.356 e. The summed E-state index contributed by atoms with van der Waals surface area (Å²) in [5, 5.41) is 7.82. The maximum atomic E-state index is 5.88. The Bertz CT molecular complexity index is 1040. The van der Waals surface area contributed by atoms with Crippen LogP contribution in [0.15, 0.2) is 115 Å². The number of thiocarbonyl (C=S) groups is 1. The molecule has 0 heterocycles. The van der Waals surface area contributed by atoms with Crippen molar-refractivity contribution in [1.82, 2.24) is 10.6 Å². The van der Waals surface area contributed by atoms with Gasteiger partial charge >= 0.3 is 0 Å². The van der Waals surface area contributed by atoms with Crippen LogP contribution in [-0.2, 0) is 5.54 Å². The fourth-order valence-corrected chi connectivity index (χ4v) is 4.45. The molecule has 32 heavy (non-hydrogen) atoms. The van der Waals surface area contributed by atoms with E-state index in [1.54, 1.807) is 0 Å². The van der Waals surface area contributed by atoms with Crippen LogP contribution in [0.2, 0.25) is 0 Å². The molecule has 0 spiro atoms. The van der Waals surface area contributed by atoms with E-state index in [1.807, 2.05) is 18.2 Å². The van der Waals surface area contributed by atoms with Gasteiger partial charge in [-0.15, -0.1) is 0 Å². The molecule has 4 aromatic carbocycles. The predicted molar refractivity (Wildman–Crippen MR) is 138 cm³/mol. The Morgan fingerprint density at radius 3 is 1.47 bits per heavy atom. The molecule has 160 valence electrons. The quantitative estimate of drug-likeness (QED) is 0.266. The molecule has 0 aliphatic rings. The van der Waals surface area contributed by atoms with Crippen molar-refractivity contribution in [2.75, 3.05) is 0 Å². The highest BCUT2D eigenvalue weighted by Gasteiger charge is 2.37. The Morgan fingerprint density at radius 2 is 1.06 bits per heavy atom. The molecule has 2 nitrogen and oxygen atoms in total. The third-order valence-corrected chi connectivity index (χ3v) is 6.07. The molecular formula is C29H28N2S. The Kier molecular flexibility index (Phi) is 6.67. The molecule has 1 atom stereocenters. The van der Waals surface area contributed by atoms with Gasteiger partial charge in [0.1, 0.15) is 5.54 Å². The first-order chi connectivity index (χ1) is 15.6. The zero-order valence-corrected chi connectivity index (χ0v) is 19.3. The summed E-state index contributed by atoms with van der Waals surface area (Å²) in [5.74, 6) is 0. The van der Waals surface area contributed by atoms with Crippen LogP contribution < -0.4 is 10.6 Å². The first-order valence-corrected chi connectivity index (χ1v) is 11.3. The van der Waals surface area contributed by atoms with Crippen LogP contribution in [-0.4, -0.2) is 5.11 Å². The van der Waals surface area contributed by atoms with E-state index in [-0.39, 0.29) is 6.04 Å². The van der Waals surface area contributed by atoms with E-state index in [2.05, 4.69) is 122 Å². The average Bonchev–Trinajstić information content (AvgIpc) is 2.84. The van der Waals surface area contributed by atoms with Gasteiger partial charge in [0.2, 0.25) is 0 Å². The third-order valence-electron chi connectivity index (χ3n) is 5.85. The van der Waals surface area contributed by atoms with E-state index in [4.69, 9.17) is 12.2 Å². The van der Waals surface area contributed by atoms with E-state index < -0.39 is 5.54 Å². The van der Waals surface area contributed by atoms with Crippen LogP contribution in [0.3, 0.4) is 0 Å². The summed E-state index contributed by atoms with van der Waals surface area (Å²) in [6.07, 6.45) is 0. The normalized spacial score (nSPS) is 12.1. The Labute approximate surface area is 196 Å². The second-order valence-corrected chi connectivity index (χ2v) is 8.49. The lowest BCUT2D eigenvalue weighted by atomic mass is 9.77. The van der Waals surface area contributed by atoms with Gasteiger partial charge in [-0.1, -0.05) is 121 Å². The lowest BCUT2D eigenvalue weighted by Crippen LogP contribution is -2.51. The summed E-state index contributed by atoms with van der Waals surface area (Å²) >= 11 is 5.88. The second kappa shape index (κ2) is 9.80. The van der Waals surface area contributed by atoms with Gasteiger partial charge in [-0.3, -0.25) is 0 Å². The number of aryl methyl sites for hydroxylation is 1. The maximum Gasteiger partial charge on any atom is 0.168 e. The van der Waals surface area contributed by atoms with E-state index in [9.17, 15) is 0 Å². The molecule has 0 fully saturated rings.